The Kier molecular flexibility index (Phi) is 8.74. The summed E-state index contributed by atoms with van der Waals surface area (Å²) in [5.41, 5.74) is 6.88. The van der Waals surface area contributed by atoms with Crippen LogP contribution in [0.5, 0.6) is 5.75 Å². The van der Waals surface area contributed by atoms with Crippen molar-refractivity contribution in [3.63, 3.8) is 0 Å². The van der Waals surface area contributed by atoms with Gasteiger partial charge in [-0.3, -0.25) is 0 Å². The van der Waals surface area contributed by atoms with Gasteiger partial charge in [0, 0.05) is 17.9 Å². The van der Waals surface area contributed by atoms with Crippen LogP contribution in [-0.2, 0) is 23.6 Å². The first-order valence-electron chi connectivity index (χ1n) is 10.7. The lowest BCUT2D eigenvalue weighted by Crippen LogP contribution is -2.10. The number of hydrogen-bond donors (Lipinski definition) is 1. The molecule has 33 heavy (non-hydrogen) atoms. The quantitative estimate of drug-likeness (QED) is 0.301. The second-order valence-electron chi connectivity index (χ2n) is 7.60. The van der Waals surface area contributed by atoms with Gasteiger partial charge in [0.2, 0.25) is 0 Å². The number of carbonyl (C=O) groups is 1. The topological polar surface area (TPSA) is 116 Å². The molecule has 174 valence electrons. The summed E-state index contributed by atoms with van der Waals surface area (Å²) in [6.07, 6.45) is 0.951. The number of ether oxygens (including phenoxy) is 2. The molecule has 0 atom stereocenters. The lowest BCUT2D eigenvalue weighted by Gasteiger charge is -2.12. The number of nitrogens with two attached hydrogens (primary N) is 1. The van der Waals surface area contributed by atoms with E-state index in [1.807, 2.05) is 34.9 Å². The van der Waals surface area contributed by atoms with E-state index in [0.29, 0.717) is 44.4 Å². The lowest BCUT2D eigenvalue weighted by molar-refractivity contribution is 0.0531. The zero-order valence-electron chi connectivity index (χ0n) is 18.9. The predicted molar refractivity (Wildman–Crippen MR) is 129 cm³/mol. The SMILES string of the molecule is CCOC(=O)c1sc(N)c(C#N)c1CSc1nnc(COc2ccccc2)n1CCC(C)C. The van der Waals surface area contributed by atoms with Crippen LogP contribution < -0.4 is 10.5 Å². The Morgan fingerprint density at radius 3 is 2.73 bits per heavy atom. The lowest BCUT2D eigenvalue weighted by atomic mass is 10.1. The maximum Gasteiger partial charge on any atom is 0.348 e. The number of hydrogen-bond acceptors (Lipinski definition) is 9. The van der Waals surface area contributed by atoms with Crippen molar-refractivity contribution in [2.45, 2.75) is 51.3 Å². The first kappa shape index (κ1) is 24.6. The van der Waals surface area contributed by atoms with E-state index < -0.39 is 5.97 Å². The number of esters is 1. The van der Waals surface area contributed by atoms with Gasteiger partial charge in [0.05, 0.1) is 12.2 Å². The minimum atomic E-state index is -0.468. The molecule has 0 radical (unpaired) electrons. The number of benzene rings is 1. The average Bonchev–Trinajstić information content (AvgIpc) is 3.34. The van der Waals surface area contributed by atoms with Crippen molar-refractivity contribution in [3.05, 3.63) is 52.2 Å². The third-order valence-corrected chi connectivity index (χ3v) is 6.82. The minimum absolute atomic E-state index is 0.249. The van der Waals surface area contributed by atoms with Crippen LogP contribution in [0, 0.1) is 17.2 Å². The van der Waals surface area contributed by atoms with Crippen LogP contribution in [0.4, 0.5) is 5.00 Å². The molecular formula is C23H27N5O3S2. The van der Waals surface area contributed by atoms with E-state index in [1.165, 1.54) is 11.8 Å². The highest BCUT2D eigenvalue weighted by Gasteiger charge is 2.24. The van der Waals surface area contributed by atoms with Crippen molar-refractivity contribution >= 4 is 34.1 Å². The number of thioether (sulfide) groups is 1. The summed E-state index contributed by atoms with van der Waals surface area (Å²) in [4.78, 5) is 12.8. The standard InChI is InChI=1S/C23H27N5O3S2/c1-4-30-22(29)20-18(17(12-24)21(25)33-20)14-32-23-27-26-19(28(23)11-10-15(2)3)13-31-16-8-6-5-7-9-16/h5-9,15H,4,10-11,13-14,25H2,1-3H3. The van der Waals surface area contributed by atoms with Gasteiger partial charge in [0.25, 0.3) is 0 Å². The van der Waals surface area contributed by atoms with Crippen LogP contribution in [0.1, 0.15) is 53.8 Å². The van der Waals surface area contributed by atoms with Crippen LogP contribution >= 0.6 is 23.1 Å². The van der Waals surface area contributed by atoms with Crippen molar-refractivity contribution in [1.29, 1.82) is 5.26 Å². The second-order valence-corrected chi connectivity index (χ2v) is 9.60. The first-order chi connectivity index (χ1) is 15.9. The van der Waals surface area contributed by atoms with Gasteiger partial charge in [0.15, 0.2) is 11.0 Å². The normalized spacial score (nSPS) is 10.9. The molecule has 10 heteroatoms. The van der Waals surface area contributed by atoms with Gasteiger partial charge in [-0.25, -0.2) is 4.79 Å². The summed E-state index contributed by atoms with van der Waals surface area (Å²) >= 11 is 2.50. The Bertz CT molecular complexity index is 1120. The van der Waals surface area contributed by atoms with E-state index in [2.05, 4.69) is 30.1 Å². The number of aromatic nitrogens is 3. The summed E-state index contributed by atoms with van der Waals surface area (Å²) in [6.45, 7) is 7.34. The molecule has 0 amide bonds. The van der Waals surface area contributed by atoms with E-state index in [-0.39, 0.29) is 6.61 Å². The third kappa shape index (κ3) is 6.27. The summed E-state index contributed by atoms with van der Waals surface area (Å²) in [5.74, 6) is 1.87. The number of para-hydroxylation sites is 1. The number of nitrogen functional groups attached to an aromatic ring is 1. The van der Waals surface area contributed by atoms with Crippen LogP contribution in [-0.4, -0.2) is 27.3 Å². The Labute approximate surface area is 201 Å². The molecule has 0 spiro atoms. The maximum atomic E-state index is 12.4. The minimum Gasteiger partial charge on any atom is -0.486 e. The number of rotatable bonds is 11. The van der Waals surface area contributed by atoms with Gasteiger partial charge < -0.3 is 19.8 Å². The largest absolute Gasteiger partial charge is 0.486 e. The zero-order chi connectivity index (χ0) is 23.8. The fourth-order valence-corrected chi connectivity index (χ4v) is 5.09. The van der Waals surface area contributed by atoms with Crippen LogP contribution in [0.3, 0.4) is 0 Å². The molecule has 0 saturated heterocycles. The van der Waals surface area contributed by atoms with E-state index in [9.17, 15) is 10.1 Å². The highest BCUT2D eigenvalue weighted by molar-refractivity contribution is 7.98. The Morgan fingerprint density at radius 2 is 2.06 bits per heavy atom. The molecular weight excluding hydrogens is 458 g/mol. The maximum absolute atomic E-state index is 12.4. The molecule has 2 N–H and O–H groups in total. The van der Waals surface area contributed by atoms with Gasteiger partial charge in [0.1, 0.15) is 28.3 Å². The molecule has 3 aromatic rings. The molecule has 0 aliphatic heterocycles. The number of nitriles is 1. The Morgan fingerprint density at radius 1 is 1.30 bits per heavy atom. The number of anilines is 1. The molecule has 3 rings (SSSR count). The summed E-state index contributed by atoms with van der Waals surface area (Å²) in [6, 6.07) is 11.7. The number of carbonyl (C=O) groups excluding carboxylic acids is 1. The molecule has 0 bridgehead atoms. The Balaban J connectivity index is 1.82. The second kappa shape index (κ2) is 11.7. The summed E-state index contributed by atoms with van der Waals surface area (Å²) < 4.78 is 13.1. The predicted octanol–water partition coefficient (Wildman–Crippen LogP) is 4.89. The van der Waals surface area contributed by atoms with Crippen molar-refractivity contribution < 1.29 is 14.3 Å². The Hall–Kier alpha value is -3.03. The van der Waals surface area contributed by atoms with Gasteiger partial charge >= 0.3 is 5.97 Å². The first-order valence-corrected chi connectivity index (χ1v) is 12.5. The zero-order valence-corrected chi connectivity index (χ0v) is 20.5. The van der Waals surface area contributed by atoms with Crippen molar-refractivity contribution in [2.24, 2.45) is 5.92 Å². The van der Waals surface area contributed by atoms with Crippen molar-refractivity contribution in [3.8, 4) is 11.8 Å². The molecule has 2 heterocycles. The molecule has 0 aliphatic rings. The van der Waals surface area contributed by atoms with Crippen LogP contribution in [0.2, 0.25) is 0 Å². The summed E-state index contributed by atoms with van der Waals surface area (Å²) in [7, 11) is 0. The fourth-order valence-electron chi connectivity index (χ4n) is 3.05. The molecule has 1 aromatic carbocycles. The van der Waals surface area contributed by atoms with Crippen molar-refractivity contribution in [1.82, 2.24) is 14.8 Å². The van der Waals surface area contributed by atoms with Crippen molar-refractivity contribution in [2.75, 3.05) is 12.3 Å². The molecule has 8 nitrogen and oxygen atoms in total. The van der Waals surface area contributed by atoms with Gasteiger partial charge in [-0.15, -0.1) is 21.5 Å². The number of nitrogens with zero attached hydrogens (tertiary/aromatic N) is 4. The molecule has 0 fully saturated rings. The van der Waals surface area contributed by atoms with Crippen LogP contribution in [0.15, 0.2) is 35.5 Å². The highest BCUT2D eigenvalue weighted by atomic mass is 32.2. The monoisotopic (exact) mass is 485 g/mol. The van der Waals surface area contributed by atoms with Gasteiger partial charge in [-0.1, -0.05) is 43.8 Å². The van der Waals surface area contributed by atoms with Gasteiger partial charge in [-0.2, -0.15) is 5.26 Å². The van der Waals surface area contributed by atoms with Crippen LogP contribution in [0.25, 0.3) is 0 Å². The van der Waals surface area contributed by atoms with E-state index >= 15 is 0 Å². The van der Waals surface area contributed by atoms with E-state index in [4.69, 9.17) is 15.2 Å². The molecule has 2 aromatic heterocycles. The highest BCUT2D eigenvalue weighted by Crippen LogP contribution is 2.35. The fraction of sp³-hybridized carbons (Fsp3) is 0.391. The number of thiophene rings is 1. The van der Waals surface area contributed by atoms with Gasteiger partial charge in [-0.05, 0) is 31.4 Å². The molecule has 0 saturated carbocycles. The van der Waals surface area contributed by atoms with E-state index in [1.54, 1.807) is 6.92 Å². The smallest absolute Gasteiger partial charge is 0.348 e. The third-order valence-electron chi connectivity index (χ3n) is 4.79. The molecule has 0 aliphatic carbocycles. The summed E-state index contributed by atoms with van der Waals surface area (Å²) in [5, 5.41) is 19.3. The average molecular weight is 486 g/mol. The molecule has 0 unspecified atom stereocenters. The van der Waals surface area contributed by atoms with E-state index in [0.717, 1.165) is 35.9 Å².